The molecule has 0 spiro atoms. The van der Waals surface area contributed by atoms with Crippen LogP contribution in [0.25, 0.3) is 0 Å². The van der Waals surface area contributed by atoms with Crippen molar-refractivity contribution in [2.45, 2.75) is 26.7 Å². The molecule has 0 unspecified atom stereocenters. The van der Waals surface area contributed by atoms with E-state index in [9.17, 15) is 4.79 Å². The minimum Gasteiger partial charge on any atom is -0.496 e. The van der Waals surface area contributed by atoms with Crippen molar-refractivity contribution in [3.05, 3.63) is 23.0 Å². The fourth-order valence-corrected chi connectivity index (χ4v) is 2.32. The van der Waals surface area contributed by atoms with Gasteiger partial charge in [-0.15, -0.1) is 0 Å². The number of ether oxygens (including phenoxy) is 1. The Balaban J connectivity index is 2.06. The quantitative estimate of drug-likeness (QED) is 0.856. The molecule has 0 radical (unpaired) electrons. The predicted molar refractivity (Wildman–Crippen MR) is 70.0 cm³/mol. The molecule has 4 heteroatoms. The number of nitrogens with one attached hydrogen (secondary N) is 1. The molecule has 0 aliphatic carbocycles. The van der Waals surface area contributed by atoms with Crippen molar-refractivity contribution < 1.29 is 9.53 Å². The van der Waals surface area contributed by atoms with E-state index in [0.717, 1.165) is 35.7 Å². The highest BCUT2D eigenvalue weighted by Crippen LogP contribution is 2.24. The van der Waals surface area contributed by atoms with E-state index in [2.05, 4.69) is 10.3 Å². The first-order valence-corrected chi connectivity index (χ1v) is 6.33. The number of rotatable bonds is 5. The number of aromatic nitrogens is 1. The van der Waals surface area contributed by atoms with E-state index in [0.29, 0.717) is 18.8 Å². The van der Waals surface area contributed by atoms with Gasteiger partial charge in [-0.3, -0.25) is 9.78 Å². The summed E-state index contributed by atoms with van der Waals surface area (Å²) in [6.45, 7) is 5.86. The van der Waals surface area contributed by atoms with Gasteiger partial charge in [0.05, 0.1) is 12.8 Å². The largest absolute Gasteiger partial charge is 0.496 e. The molecule has 0 amide bonds. The van der Waals surface area contributed by atoms with E-state index in [-0.39, 0.29) is 5.78 Å². The molecule has 4 nitrogen and oxygen atoms in total. The Morgan fingerprint density at radius 3 is 2.78 bits per heavy atom. The van der Waals surface area contributed by atoms with Gasteiger partial charge in [0.25, 0.3) is 0 Å². The van der Waals surface area contributed by atoms with Gasteiger partial charge < -0.3 is 10.1 Å². The number of carbonyl (C=O) groups is 1. The number of aryl methyl sites for hydroxylation is 1. The average molecular weight is 248 g/mol. The lowest BCUT2D eigenvalue weighted by Gasteiger charge is -2.26. The number of nitrogens with zero attached hydrogens (tertiary/aromatic N) is 1. The molecule has 1 aliphatic rings. The van der Waals surface area contributed by atoms with Crippen LogP contribution in [0.15, 0.2) is 6.20 Å². The van der Waals surface area contributed by atoms with Crippen molar-refractivity contribution in [3.8, 4) is 5.75 Å². The standard InChI is InChI=1S/C14H20N2O2/c1-9-6-16-13(10(2)14(9)18-3)5-12(17)4-11-7-15-8-11/h6,11,15H,4-5,7-8H2,1-3H3. The zero-order chi connectivity index (χ0) is 13.1. The topological polar surface area (TPSA) is 51.2 Å². The Morgan fingerprint density at radius 1 is 1.50 bits per heavy atom. The Kier molecular flexibility index (Phi) is 3.97. The van der Waals surface area contributed by atoms with Crippen molar-refractivity contribution in [2.75, 3.05) is 20.2 Å². The molecule has 2 heterocycles. The van der Waals surface area contributed by atoms with Gasteiger partial charge in [0.15, 0.2) is 0 Å². The van der Waals surface area contributed by atoms with Crippen molar-refractivity contribution >= 4 is 5.78 Å². The third-order valence-electron chi connectivity index (χ3n) is 3.50. The maximum absolute atomic E-state index is 11.9. The SMILES string of the molecule is COc1c(C)cnc(CC(=O)CC2CNC2)c1C. The fraction of sp³-hybridized carbons (Fsp3) is 0.571. The summed E-state index contributed by atoms with van der Waals surface area (Å²) in [5.74, 6) is 1.63. The van der Waals surface area contributed by atoms with Gasteiger partial charge >= 0.3 is 0 Å². The van der Waals surface area contributed by atoms with Gasteiger partial charge in [0, 0.05) is 30.2 Å². The van der Waals surface area contributed by atoms with Crippen LogP contribution in [0.3, 0.4) is 0 Å². The van der Waals surface area contributed by atoms with Gasteiger partial charge in [0.2, 0.25) is 0 Å². The minimum atomic E-state index is 0.267. The molecular formula is C14H20N2O2. The molecule has 1 aromatic heterocycles. The number of ketones is 1. The second-order valence-corrected chi connectivity index (χ2v) is 4.99. The van der Waals surface area contributed by atoms with Gasteiger partial charge in [-0.25, -0.2) is 0 Å². The summed E-state index contributed by atoms with van der Waals surface area (Å²) in [5.41, 5.74) is 2.83. The number of carbonyl (C=O) groups excluding carboxylic acids is 1. The Morgan fingerprint density at radius 2 is 2.22 bits per heavy atom. The highest BCUT2D eigenvalue weighted by Gasteiger charge is 2.21. The number of hydrogen-bond donors (Lipinski definition) is 1. The summed E-state index contributed by atoms with van der Waals surface area (Å²) in [4.78, 5) is 16.3. The Hall–Kier alpha value is -1.42. The van der Waals surface area contributed by atoms with Crippen molar-refractivity contribution in [1.29, 1.82) is 0 Å². The highest BCUT2D eigenvalue weighted by molar-refractivity contribution is 5.81. The van der Waals surface area contributed by atoms with Crippen LogP contribution in [-0.4, -0.2) is 31.0 Å². The molecule has 0 aromatic carbocycles. The van der Waals surface area contributed by atoms with Gasteiger partial charge in [-0.1, -0.05) is 0 Å². The molecule has 0 atom stereocenters. The molecule has 1 aliphatic heterocycles. The van der Waals surface area contributed by atoms with E-state index >= 15 is 0 Å². The summed E-state index contributed by atoms with van der Waals surface area (Å²) < 4.78 is 5.35. The lowest BCUT2D eigenvalue weighted by atomic mass is 9.94. The van der Waals surface area contributed by atoms with Crippen LogP contribution in [0.5, 0.6) is 5.75 Å². The van der Waals surface area contributed by atoms with Crippen molar-refractivity contribution in [2.24, 2.45) is 5.92 Å². The van der Waals surface area contributed by atoms with E-state index < -0.39 is 0 Å². The van der Waals surface area contributed by atoms with Crippen LogP contribution in [0, 0.1) is 19.8 Å². The summed E-state index contributed by atoms with van der Waals surface area (Å²) in [6.07, 6.45) is 2.85. The highest BCUT2D eigenvalue weighted by atomic mass is 16.5. The first-order chi connectivity index (χ1) is 8.61. The maximum Gasteiger partial charge on any atom is 0.139 e. The third kappa shape index (κ3) is 2.70. The summed E-state index contributed by atoms with van der Waals surface area (Å²) in [6, 6.07) is 0. The van der Waals surface area contributed by atoms with Crippen LogP contribution in [-0.2, 0) is 11.2 Å². The first kappa shape index (κ1) is 13.0. The zero-order valence-corrected chi connectivity index (χ0v) is 11.2. The molecule has 1 aromatic rings. The van der Waals surface area contributed by atoms with Gasteiger partial charge in [-0.05, 0) is 32.9 Å². The monoisotopic (exact) mass is 248 g/mol. The fourth-order valence-electron chi connectivity index (χ4n) is 2.32. The Bertz CT molecular complexity index is 453. The predicted octanol–water partition coefficient (Wildman–Crippen LogP) is 1.43. The van der Waals surface area contributed by atoms with Crippen molar-refractivity contribution in [1.82, 2.24) is 10.3 Å². The molecular weight excluding hydrogens is 228 g/mol. The smallest absolute Gasteiger partial charge is 0.139 e. The summed E-state index contributed by atoms with van der Waals surface area (Å²) >= 11 is 0. The lowest BCUT2D eigenvalue weighted by Crippen LogP contribution is -2.43. The molecule has 98 valence electrons. The normalized spacial score (nSPS) is 15.3. The second-order valence-electron chi connectivity index (χ2n) is 4.99. The third-order valence-corrected chi connectivity index (χ3v) is 3.50. The van der Waals surface area contributed by atoms with Crippen LogP contribution in [0.1, 0.15) is 23.2 Å². The van der Waals surface area contributed by atoms with Crippen LogP contribution >= 0.6 is 0 Å². The number of pyridine rings is 1. The van der Waals surface area contributed by atoms with Crippen molar-refractivity contribution in [3.63, 3.8) is 0 Å². The minimum absolute atomic E-state index is 0.267. The van der Waals surface area contributed by atoms with Crippen LogP contribution < -0.4 is 10.1 Å². The molecule has 2 rings (SSSR count). The summed E-state index contributed by atoms with van der Waals surface area (Å²) in [7, 11) is 1.65. The van der Waals surface area contributed by atoms with E-state index in [1.165, 1.54) is 0 Å². The molecule has 0 bridgehead atoms. The second kappa shape index (κ2) is 5.48. The van der Waals surface area contributed by atoms with Gasteiger partial charge in [0.1, 0.15) is 11.5 Å². The van der Waals surface area contributed by atoms with Gasteiger partial charge in [-0.2, -0.15) is 0 Å². The molecule has 18 heavy (non-hydrogen) atoms. The number of methoxy groups -OCH3 is 1. The van der Waals surface area contributed by atoms with Crippen LogP contribution in [0.2, 0.25) is 0 Å². The molecule has 0 saturated carbocycles. The van der Waals surface area contributed by atoms with E-state index in [1.54, 1.807) is 13.3 Å². The maximum atomic E-state index is 11.9. The first-order valence-electron chi connectivity index (χ1n) is 6.33. The zero-order valence-electron chi connectivity index (χ0n) is 11.2. The summed E-state index contributed by atoms with van der Waals surface area (Å²) in [5, 5.41) is 3.18. The molecule has 1 N–H and O–H groups in total. The average Bonchev–Trinajstić information content (AvgIpc) is 2.28. The number of hydrogen-bond acceptors (Lipinski definition) is 4. The van der Waals surface area contributed by atoms with E-state index in [4.69, 9.17) is 4.74 Å². The Labute approximate surface area is 108 Å². The molecule has 1 saturated heterocycles. The van der Waals surface area contributed by atoms with E-state index in [1.807, 2.05) is 13.8 Å². The molecule has 1 fully saturated rings. The van der Waals surface area contributed by atoms with Crippen LogP contribution in [0.4, 0.5) is 0 Å². The number of Topliss-reactive ketones (excluding diaryl/α,β-unsaturated/α-hetero) is 1. The lowest BCUT2D eigenvalue weighted by molar-refractivity contribution is -0.119.